The van der Waals surface area contributed by atoms with Crippen molar-refractivity contribution in [3.63, 3.8) is 0 Å². The molecule has 0 aliphatic carbocycles. The summed E-state index contributed by atoms with van der Waals surface area (Å²) in [5.74, 6) is 0.265. The molecule has 0 spiro atoms. The molecule has 0 bridgehead atoms. The highest BCUT2D eigenvalue weighted by atomic mass is 79.9. The van der Waals surface area contributed by atoms with Crippen LogP contribution in [0.5, 0.6) is 0 Å². The Hall–Kier alpha value is -3.13. The second kappa shape index (κ2) is 10.4. The molecule has 0 atom stereocenters. The highest BCUT2D eigenvalue weighted by Gasteiger charge is 2.24. The topological polar surface area (TPSA) is 79.3 Å². The maximum absolute atomic E-state index is 13.1. The van der Waals surface area contributed by atoms with Crippen molar-refractivity contribution in [2.75, 3.05) is 17.2 Å². The number of hydrogen-bond acceptors (Lipinski definition) is 3. The zero-order valence-electron chi connectivity index (χ0n) is 20.5. The number of nitrogens with one attached hydrogen (secondary N) is 2. The van der Waals surface area contributed by atoms with Crippen molar-refractivity contribution in [1.82, 2.24) is 14.7 Å². The number of aryl methyl sites for hydroxylation is 1. The van der Waals surface area contributed by atoms with Gasteiger partial charge < -0.3 is 15.5 Å². The maximum atomic E-state index is 13.1. The van der Waals surface area contributed by atoms with E-state index in [1.807, 2.05) is 69.3 Å². The largest absolute Gasteiger partial charge is 0.322 e. The molecule has 0 radical (unpaired) electrons. The first-order valence-corrected chi connectivity index (χ1v) is 12.0. The number of carbonyl (C=O) groups excluding carboxylic acids is 2. The van der Waals surface area contributed by atoms with E-state index in [-0.39, 0.29) is 29.9 Å². The lowest BCUT2D eigenvalue weighted by Crippen LogP contribution is -2.44. The van der Waals surface area contributed by atoms with E-state index in [4.69, 9.17) is 5.10 Å². The molecule has 1 aromatic heterocycles. The van der Waals surface area contributed by atoms with E-state index in [0.717, 1.165) is 21.4 Å². The van der Waals surface area contributed by atoms with Crippen LogP contribution >= 0.6 is 15.9 Å². The van der Waals surface area contributed by atoms with Crippen LogP contribution in [0.25, 0.3) is 5.69 Å². The van der Waals surface area contributed by atoms with E-state index in [1.54, 1.807) is 10.7 Å². The van der Waals surface area contributed by atoms with Gasteiger partial charge in [0.25, 0.3) is 0 Å². The van der Waals surface area contributed by atoms with Gasteiger partial charge in [0.2, 0.25) is 5.91 Å². The summed E-state index contributed by atoms with van der Waals surface area (Å²) in [6.45, 7) is 11.9. The van der Waals surface area contributed by atoms with Crippen LogP contribution < -0.4 is 10.6 Å². The molecule has 8 heteroatoms. The normalized spacial score (nSPS) is 11.4. The minimum absolute atomic E-state index is 0.0958. The van der Waals surface area contributed by atoms with Crippen molar-refractivity contribution in [3.05, 3.63) is 70.3 Å². The van der Waals surface area contributed by atoms with Crippen molar-refractivity contribution < 1.29 is 9.59 Å². The van der Waals surface area contributed by atoms with Crippen LogP contribution in [0.4, 0.5) is 16.3 Å². The molecule has 0 unspecified atom stereocenters. The first-order chi connectivity index (χ1) is 15.9. The van der Waals surface area contributed by atoms with Gasteiger partial charge in [-0.1, -0.05) is 60.5 Å². The summed E-state index contributed by atoms with van der Waals surface area (Å²) in [7, 11) is 0. The lowest BCUT2D eigenvalue weighted by atomic mass is 9.92. The van der Waals surface area contributed by atoms with Crippen LogP contribution in [0, 0.1) is 6.92 Å². The predicted octanol–water partition coefficient (Wildman–Crippen LogP) is 6.12. The Morgan fingerprint density at radius 3 is 2.32 bits per heavy atom. The molecule has 34 heavy (non-hydrogen) atoms. The predicted molar refractivity (Wildman–Crippen MR) is 141 cm³/mol. The second-order valence-electron chi connectivity index (χ2n) is 9.62. The molecule has 7 nitrogen and oxygen atoms in total. The molecule has 3 rings (SSSR count). The molecular weight excluding hydrogens is 494 g/mol. The average Bonchev–Trinajstić information content (AvgIpc) is 3.16. The lowest BCUT2D eigenvalue weighted by molar-refractivity contribution is -0.117. The van der Waals surface area contributed by atoms with Gasteiger partial charge in [-0.25, -0.2) is 9.48 Å². The van der Waals surface area contributed by atoms with Crippen LogP contribution in [-0.4, -0.2) is 39.2 Å². The number of urea groups is 1. The number of aromatic nitrogens is 2. The average molecular weight is 526 g/mol. The summed E-state index contributed by atoms with van der Waals surface area (Å²) in [5, 5.41) is 10.6. The molecule has 1 heterocycles. The summed E-state index contributed by atoms with van der Waals surface area (Å²) < 4.78 is 2.59. The summed E-state index contributed by atoms with van der Waals surface area (Å²) in [4.78, 5) is 27.5. The van der Waals surface area contributed by atoms with Crippen molar-refractivity contribution in [2.24, 2.45) is 0 Å². The minimum atomic E-state index is -0.342. The van der Waals surface area contributed by atoms with Gasteiger partial charge in [-0.15, -0.1) is 0 Å². The molecule has 0 saturated carbocycles. The lowest BCUT2D eigenvalue weighted by Gasteiger charge is -2.26. The molecule has 0 saturated heterocycles. The number of anilines is 2. The van der Waals surface area contributed by atoms with Gasteiger partial charge in [0.15, 0.2) is 0 Å². The van der Waals surface area contributed by atoms with Crippen LogP contribution in [0.2, 0.25) is 0 Å². The van der Waals surface area contributed by atoms with Crippen molar-refractivity contribution in [3.8, 4) is 5.69 Å². The van der Waals surface area contributed by atoms with Gasteiger partial charge in [0, 0.05) is 27.7 Å². The molecule has 2 aromatic carbocycles. The fraction of sp³-hybridized carbons (Fsp3) is 0.346. The van der Waals surface area contributed by atoms with Crippen molar-refractivity contribution in [1.29, 1.82) is 0 Å². The number of benzene rings is 2. The Kier molecular flexibility index (Phi) is 7.82. The quantitative estimate of drug-likeness (QED) is 0.406. The van der Waals surface area contributed by atoms with Crippen molar-refractivity contribution in [2.45, 2.75) is 53.0 Å². The van der Waals surface area contributed by atoms with Gasteiger partial charge in [-0.3, -0.25) is 4.79 Å². The molecular formula is C26H32BrN5O2. The molecule has 0 aliphatic heterocycles. The van der Waals surface area contributed by atoms with E-state index in [2.05, 4.69) is 47.3 Å². The highest BCUT2D eigenvalue weighted by Crippen LogP contribution is 2.26. The minimum Gasteiger partial charge on any atom is -0.313 e. The highest BCUT2D eigenvalue weighted by molar-refractivity contribution is 9.10. The van der Waals surface area contributed by atoms with E-state index < -0.39 is 0 Å². The summed E-state index contributed by atoms with van der Waals surface area (Å²) in [6.07, 6.45) is 0. The van der Waals surface area contributed by atoms with Crippen LogP contribution in [-0.2, 0) is 10.2 Å². The van der Waals surface area contributed by atoms with Crippen LogP contribution in [0.15, 0.2) is 59.1 Å². The van der Waals surface area contributed by atoms with E-state index in [9.17, 15) is 9.59 Å². The summed E-state index contributed by atoms with van der Waals surface area (Å²) in [5.41, 5.74) is 3.31. The fourth-order valence-electron chi connectivity index (χ4n) is 3.31. The zero-order chi connectivity index (χ0) is 25.0. The number of halogens is 1. The Morgan fingerprint density at radius 1 is 1.06 bits per heavy atom. The van der Waals surface area contributed by atoms with Gasteiger partial charge >= 0.3 is 6.03 Å². The number of rotatable bonds is 6. The number of nitrogens with zero attached hydrogens (tertiary/aromatic N) is 3. The Morgan fingerprint density at radius 2 is 1.74 bits per heavy atom. The SMILES string of the molecule is Cc1ccc(-n2nc(C(C)(C)C)cc2NC(=O)CN(C(=O)Nc2cccc(Br)c2)C(C)C)cc1. The molecule has 3 aromatic rings. The van der Waals surface area contributed by atoms with E-state index in [1.165, 1.54) is 4.90 Å². The first kappa shape index (κ1) is 25.5. The van der Waals surface area contributed by atoms with Gasteiger partial charge in [-0.05, 0) is 51.1 Å². The number of hydrogen-bond donors (Lipinski definition) is 2. The third kappa shape index (κ3) is 6.47. The zero-order valence-corrected chi connectivity index (χ0v) is 22.1. The van der Waals surface area contributed by atoms with E-state index >= 15 is 0 Å². The monoisotopic (exact) mass is 525 g/mol. The standard InChI is InChI=1S/C26H32BrN5O2/c1-17(2)31(25(34)28-20-9-7-8-19(27)14-20)16-24(33)29-23-15-22(26(4,5)6)30-32(23)21-12-10-18(3)11-13-21/h7-15,17H,16H2,1-6H3,(H,28,34)(H,29,33). The maximum Gasteiger partial charge on any atom is 0.322 e. The molecule has 3 amide bonds. The third-order valence-corrected chi connectivity index (χ3v) is 5.79. The van der Waals surface area contributed by atoms with Crippen LogP contribution in [0.3, 0.4) is 0 Å². The van der Waals surface area contributed by atoms with Gasteiger partial charge in [-0.2, -0.15) is 5.10 Å². The molecule has 180 valence electrons. The Labute approximate surface area is 209 Å². The van der Waals surface area contributed by atoms with E-state index in [0.29, 0.717) is 11.5 Å². The number of amides is 3. The molecule has 2 N–H and O–H groups in total. The van der Waals surface area contributed by atoms with Gasteiger partial charge in [0.1, 0.15) is 12.4 Å². The second-order valence-corrected chi connectivity index (χ2v) is 10.5. The Bertz CT molecular complexity index is 1160. The smallest absolute Gasteiger partial charge is 0.313 e. The van der Waals surface area contributed by atoms with Gasteiger partial charge in [0.05, 0.1) is 11.4 Å². The fourth-order valence-corrected chi connectivity index (χ4v) is 3.71. The summed E-state index contributed by atoms with van der Waals surface area (Å²) in [6, 6.07) is 16.7. The number of carbonyl (C=O) groups is 2. The first-order valence-electron chi connectivity index (χ1n) is 11.2. The van der Waals surface area contributed by atoms with Crippen LogP contribution in [0.1, 0.15) is 45.9 Å². The molecule has 0 aliphatic rings. The summed E-state index contributed by atoms with van der Waals surface area (Å²) >= 11 is 3.40. The molecule has 0 fully saturated rings. The third-order valence-electron chi connectivity index (χ3n) is 5.30. The van der Waals surface area contributed by atoms with Crippen molar-refractivity contribution >= 4 is 39.4 Å². The Balaban J connectivity index is 1.81.